The molecule has 1 nitrogen and oxygen atoms in total. The number of halogens is 3. The third-order valence-corrected chi connectivity index (χ3v) is 4.54. The number of rotatable bonds is 0. The second-order valence-corrected chi connectivity index (χ2v) is 7.49. The van der Waals surface area contributed by atoms with Crippen molar-refractivity contribution in [2.24, 2.45) is 10.8 Å². The lowest BCUT2D eigenvalue weighted by Crippen LogP contribution is -2.57. The van der Waals surface area contributed by atoms with E-state index in [-0.39, 0.29) is 18.4 Å². The van der Waals surface area contributed by atoms with Crippen LogP contribution < -0.4 is 0 Å². The molecule has 0 N–H and O–H groups in total. The summed E-state index contributed by atoms with van der Waals surface area (Å²) < 4.78 is 40.5. The third kappa shape index (κ3) is 2.68. The first-order chi connectivity index (χ1) is 7.81. The van der Waals surface area contributed by atoms with Crippen LogP contribution in [0, 0.1) is 10.8 Å². The van der Waals surface area contributed by atoms with Gasteiger partial charge in [0.25, 0.3) is 0 Å². The van der Waals surface area contributed by atoms with Crippen LogP contribution in [-0.4, -0.2) is 29.7 Å². The maximum atomic E-state index is 13.5. The van der Waals surface area contributed by atoms with Crippen molar-refractivity contribution in [1.82, 2.24) is 4.90 Å². The van der Waals surface area contributed by atoms with E-state index in [4.69, 9.17) is 0 Å². The minimum absolute atomic E-state index is 0.0460. The van der Waals surface area contributed by atoms with E-state index < -0.39 is 17.0 Å². The molecule has 0 spiro atoms. The average molecular weight is 265 g/mol. The molecule has 0 aromatic carbocycles. The molecule has 1 heterocycles. The zero-order valence-electron chi connectivity index (χ0n) is 12.4. The van der Waals surface area contributed by atoms with E-state index in [0.29, 0.717) is 13.1 Å². The van der Waals surface area contributed by atoms with E-state index in [9.17, 15) is 13.2 Å². The first-order valence-electron chi connectivity index (χ1n) is 6.63. The zero-order valence-corrected chi connectivity index (χ0v) is 12.4. The van der Waals surface area contributed by atoms with E-state index in [1.807, 2.05) is 0 Å². The molecule has 1 aliphatic rings. The van der Waals surface area contributed by atoms with E-state index in [1.54, 1.807) is 20.8 Å². The van der Waals surface area contributed by atoms with Crippen molar-refractivity contribution in [2.75, 3.05) is 13.1 Å². The van der Waals surface area contributed by atoms with Crippen molar-refractivity contribution in [2.45, 2.75) is 66.1 Å². The second-order valence-electron chi connectivity index (χ2n) is 7.49. The molecular formula is C14H26F3N. The Bertz CT molecular complexity index is 270. The van der Waals surface area contributed by atoms with E-state index in [0.717, 1.165) is 0 Å². The standard InChI is InChI=1S/C14H26F3N/c1-11(2,3)13(14(15,16)17)7-9-18(10-8-13)12(4,5)6/h7-10H2,1-6H3. The van der Waals surface area contributed by atoms with Gasteiger partial charge in [0, 0.05) is 5.54 Å². The normalized spacial score (nSPS) is 23.2. The van der Waals surface area contributed by atoms with Gasteiger partial charge in [-0.3, -0.25) is 4.90 Å². The Labute approximate surface area is 109 Å². The number of piperidine rings is 1. The van der Waals surface area contributed by atoms with Gasteiger partial charge in [-0.1, -0.05) is 20.8 Å². The summed E-state index contributed by atoms with van der Waals surface area (Å²) in [7, 11) is 0. The second kappa shape index (κ2) is 4.39. The van der Waals surface area contributed by atoms with Crippen LogP contribution in [0.15, 0.2) is 0 Å². The Morgan fingerprint density at radius 1 is 0.833 bits per heavy atom. The van der Waals surface area contributed by atoms with Crippen molar-refractivity contribution in [3.05, 3.63) is 0 Å². The van der Waals surface area contributed by atoms with Gasteiger partial charge in [-0.25, -0.2) is 0 Å². The van der Waals surface area contributed by atoms with Gasteiger partial charge in [-0.15, -0.1) is 0 Å². The number of likely N-dealkylation sites (tertiary alicyclic amines) is 1. The molecule has 0 atom stereocenters. The van der Waals surface area contributed by atoms with Crippen LogP contribution in [0.1, 0.15) is 54.4 Å². The highest BCUT2D eigenvalue weighted by molar-refractivity contribution is 5.00. The van der Waals surface area contributed by atoms with Gasteiger partial charge < -0.3 is 0 Å². The van der Waals surface area contributed by atoms with E-state index in [2.05, 4.69) is 25.7 Å². The highest BCUT2D eigenvalue weighted by Crippen LogP contribution is 2.57. The van der Waals surface area contributed by atoms with Crippen LogP contribution in [0.25, 0.3) is 0 Å². The molecule has 1 aliphatic heterocycles. The molecular weight excluding hydrogens is 239 g/mol. The quantitative estimate of drug-likeness (QED) is 0.624. The maximum absolute atomic E-state index is 13.5. The third-order valence-electron chi connectivity index (χ3n) is 4.54. The van der Waals surface area contributed by atoms with Crippen LogP contribution in [-0.2, 0) is 0 Å². The van der Waals surface area contributed by atoms with Crippen LogP contribution in [0.2, 0.25) is 0 Å². The summed E-state index contributed by atoms with van der Waals surface area (Å²) in [5, 5.41) is 0. The zero-order chi connectivity index (χ0) is 14.4. The molecule has 108 valence electrons. The van der Waals surface area contributed by atoms with E-state index >= 15 is 0 Å². The molecule has 0 aliphatic carbocycles. The van der Waals surface area contributed by atoms with Crippen molar-refractivity contribution < 1.29 is 13.2 Å². The Morgan fingerprint density at radius 3 is 1.44 bits per heavy atom. The summed E-state index contributed by atoms with van der Waals surface area (Å²) >= 11 is 0. The Balaban J connectivity index is 2.95. The van der Waals surface area contributed by atoms with Crippen LogP contribution in [0.5, 0.6) is 0 Å². The van der Waals surface area contributed by atoms with Crippen molar-refractivity contribution >= 4 is 0 Å². The molecule has 0 aromatic heterocycles. The van der Waals surface area contributed by atoms with Crippen molar-refractivity contribution in [3.63, 3.8) is 0 Å². The fraction of sp³-hybridized carbons (Fsp3) is 1.00. The minimum atomic E-state index is -4.12. The van der Waals surface area contributed by atoms with Gasteiger partial charge in [0.1, 0.15) is 0 Å². The Morgan fingerprint density at radius 2 is 1.22 bits per heavy atom. The molecule has 0 aromatic rings. The predicted molar refractivity (Wildman–Crippen MR) is 68.5 cm³/mol. The largest absolute Gasteiger partial charge is 0.395 e. The summed E-state index contributed by atoms with van der Waals surface area (Å²) in [5.74, 6) is 0. The van der Waals surface area contributed by atoms with Gasteiger partial charge in [0.05, 0.1) is 5.41 Å². The lowest BCUT2D eigenvalue weighted by atomic mass is 9.60. The molecule has 18 heavy (non-hydrogen) atoms. The fourth-order valence-electron chi connectivity index (χ4n) is 3.02. The fourth-order valence-corrected chi connectivity index (χ4v) is 3.02. The van der Waals surface area contributed by atoms with Gasteiger partial charge >= 0.3 is 6.18 Å². The van der Waals surface area contributed by atoms with Crippen LogP contribution >= 0.6 is 0 Å². The summed E-state index contributed by atoms with van der Waals surface area (Å²) in [6.45, 7) is 12.4. The molecule has 1 fully saturated rings. The smallest absolute Gasteiger partial charge is 0.298 e. The Kier molecular flexibility index (Phi) is 3.86. The predicted octanol–water partition coefficient (Wildman–Crippen LogP) is 4.48. The lowest BCUT2D eigenvalue weighted by molar-refractivity contribution is -0.274. The van der Waals surface area contributed by atoms with Crippen molar-refractivity contribution in [1.29, 1.82) is 0 Å². The van der Waals surface area contributed by atoms with Crippen LogP contribution in [0.3, 0.4) is 0 Å². The SMILES string of the molecule is CC(C)(C)N1CCC(C(C)(C)C)(C(F)(F)F)CC1. The highest BCUT2D eigenvalue weighted by atomic mass is 19.4. The number of alkyl halides is 3. The van der Waals surface area contributed by atoms with Crippen molar-refractivity contribution in [3.8, 4) is 0 Å². The summed E-state index contributed by atoms with van der Waals surface area (Å²) in [6.07, 6.45) is -3.70. The van der Waals surface area contributed by atoms with Gasteiger partial charge in [-0.2, -0.15) is 13.2 Å². The lowest BCUT2D eigenvalue weighted by Gasteiger charge is -2.52. The molecule has 0 unspecified atom stereocenters. The maximum Gasteiger partial charge on any atom is 0.395 e. The van der Waals surface area contributed by atoms with Crippen LogP contribution in [0.4, 0.5) is 13.2 Å². The average Bonchev–Trinajstić information content (AvgIpc) is 2.13. The number of hydrogen-bond acceptors (Lipinski definition) is 1. The number of hydrogen-bond donors (Lipinski definition) is 0. The van der Waals surface area contributed by atoms with E-state index in [1.165, 1.54) is 0 Å². The molecule has 0 amide bonds. The first kappa shape index (κ1) is 15.8. The van der Waals surface area contributed by atoms with Gasteiger partial charge in [0.2, 0.25) is 0 Å². The molecule has 0 saturated carbocycles. The molecule has 1 rings (SSSR count). The Hall–Kier alpha value is -0.250. The summed E-state index contributed by atoms with van der Waals surface area (Å²) in [4.78, 5) is 2.16. The van der Waals surface area contributed by atoms with Gasteiger partial charge in [0.15, 0.2) is 0 Å². The molecule has 0 bridgehead atoms. The number of nitrogens with zero attached hydrogens (tertiary/aromatic N) is 1. The molecule has 0 radical (unpaired) electrons. The van der Waals surface area contributed by atoms with Gasteiger partial charge in [-0.05, 0) is 52.1 Å². The topological polar surface area (TPSA) is 3.24 Å². The molecule has 1 saturated heterocycles. The first-order valence-corrected chi connectivity index (χ1v) is 6.63. The molecule has 4 heteroatoms. The monoisotopic (exact) mass is 265 g/mol. The highest BCUT2D eigenvalue weighted by Gasteiger charge is 2.61. The summed E-state index contributed by atoms with van der Waals surface area (Å²) in [5.41, 5.74) is -2.33. The summed E-state index contributed by atoms with van der Waals surface area (Å²) in [6, 6.07) is 0. The minimum Gasteiger partial charge on any atom is -0.298 e.